The minimum Gasteiger partial charge on any atom is -0.496 e. The Balaban J connectivity index is 1.60. The molecule has 3 aromatic carbocycles. The Hall–Kier alpha value is -2.62. The first-order valence-corrected chi connectivity index (χ1v) is 11.5. The molecule has 1 saturated heterocycles. The highest BCUT2D eigenvalue weighted by molar-refractivity contribution is 5.38. The molecule has 0 aliphatic carbocycles. The Morgan fingerprint density at radius 2 is 1.65 bits per heavy atom. The summed E-state index contributed by atoms with van der Waals surface area (Å²) in [5.74, 6) is 1.27. The lowest BCUT2D eigenvalue weighted by atomic mass is 9.79. The predicted molar refractivity (Wildman–Crippen MR) is 129 cm³/mol. The van der Waals surface area contributed by atoms with Gasteiger partial charge in [-0.3, -0.25) is 0 Å². The van der Waals surface area contributed by atoms with Crippen LogP contribution in [0, 0.1) is 0 Å². The third-order valence-corrected chi connectivity index (χ3v) is 6.49. The SMILES string of the molecule is CCc1ccc(OC)c(CN[C@@H]2CCCN[C@@H]2C(c2ccccc2)c2ccccc2)c1. The smallest absolute Gasteiger partial charge is 0.123 e. The fourth-order valence-electron chi connectivity index (χ4n) is 4.85. The van der Waals surface area contributed by atoms with E-state index in [2.05, 4.69) is 96.4 Å². The first-order chi connectivity index (χ1) is 15.3. The van der Waals surface area contributed by atoms with Crippen LogP contribution in [0.1, 0.15) is 47.9 Å². The second-order valence-electron chi connectivity index (χ2n) is 8.41. The second-order valence-corrected chi connectivity index (χ2v) is 8.41. The van der Waals surface area contributed by atoms with Gasteiger partial charge in [-0.05, 0) is 48.6 Å². The van der Waals surface area contributed by atoms with E-state index in [0.29, 0.717) is 18.0 Å². The summed E-state index contributed by atoms with van der Waals surface area (Å²) in [4.78, 5) is 0. The van der Waals surface area contributed by atoms with Crippen molar-refractivity contribution in [3.8, 4) is 5.75 Å². The average molecular weight is 415 g/mol. The molecular weight excluding hydrogens is 380 g/mol. The molecule has 0 saturated carbocycles. The molecule has 3 heteroatoms. The van der Waals surface area contributed by atoms with Gasteiger partial charge in [0.1, 0.15) is 5.75 Å². The lowest BCUT2D eigenvalue weighted by Gasteiger charge is -2.39. The van der Waals surface area contributed by atoms with E-state index in [9.17, 15) is 0 Å². The van der Waals surface area contributed by atoms with Crippen molar-refractivity contribution in [2.24, 2.45) is 0 Å². The van der Waals surface area contributed by atoms with Gasteiger partial charge in [-0.2, -0.15) is 0 Å². The van der Waals surface area contributed by atoms with Crippen molar-refractivity contribution in [1.29, 1.82) is 0 Å². The van der Waals surface area contributed by atoms with Crippen LogP contribution in [0.5, 0.6) is 5.75 Å². The molecule has 2 N–H and O–H groups in total. The van der Waals surface area contributed by atoms with Crippen molar-refractivity contribution < 1.29 is 4.74 Å². The van der Waals surface area contributed by atoms with Crippen LogP contribution in [0.25, 0.3) is 0 Å². The predicted octanol–water partition coefficient (Wildman–Crippen LogP) is 5.30. The number of methoxy groups -OCH3 is 1. The van der Waals surface area contributed by atoms with Crippen LogP contribution >= 0.6 is 0 Å². The number of hydrogen-bond acceptors (Lipinski definition) is 3. The van der Waals surface area contributed by atoms with Crippen LogP contribution in [-0.2, 0) is 13.0 Å². The zero-order valence-corrected chi connectivity index (χ0v) is 18.7. The Bertz CT molecular complexity index is 902. The van der Waals surface area contributed by atoms with Gasteiger partial charge in [0.25, 0.3) is 0 Å². The van der Waals surface area contributed by atoms with Crippen molar-refractivity contribution in [3.05, 3.63) is 101 Å². The number of benzene rings is 3. The molecule has 31 heavy (non-hydrogen) atoms. The van der Waals surface area contributed by atoms with Crippen molar-refractivity contribution in [2.75, 3.05) is 13.7 Å². The summed E-state index contributed by atoms with van der Waals surface area (Å²) >= 11 is 0. The normalized spacial score (nSPS) is 18.8. The molecule has 0 unspecified atom stereocenters. The van der Waals surface area contributed by atoms with Gasteiger partial charge in [-0.15, -0.1) is 0 Å². The highest BCUT2D eigenvalue weighted by Crippen LogP contribution is 2.32. The minimum atomic E-state index is 0.309. The van der Waals surface area contributed by atoms with E-state index in [1.54, 1.807) is 7.11 Å². The van der Waals surface area contributed by atoms with Crippen LogP contribution in [0.2, 0.25) is 0 Å². The van der Waals surface area contributed by atoms with Crippen LogP contribution in [0.3, 0.4) is 0 Å². The molecule has 162 valence electrons. The molecule has 3 nitrogen and oxygen atoms in total. The summed E-state index contributed by atoms with van der Waals surface area (Å²) in [7, 11) is 1.76. The lowest BCUT2D eigenvalue weighted by Crippen LogP contribution is -2.54. The monoisotopic (exact) mass is 414 g/mol. The summed E-state index contributed by atoms with van der Waals surface area (Å²) in [5, 5.41) is 7.75. The lowest BCUT2D eigenvalue weighted by molar-refractivity contribution is 0.279. The quantitative estimate of drug-likeness (QED) is 0.525. The van der Waals surface area contributed by atoms with Crippen LogP contribution in [0.15, 0.2) is 78.9 Å². The Morgan fingerprint density at radius 1 is 0.968 bits per heavy atom. The number of aryl methyl sites for hydroxylation is 1. The first-order valence-electron chi connectivity index (χ1n) is 11.5. The van der Waals surface area contributed by atoms with Crippen molar-refractivity contribution in [2.45, 2.75) is 50.7 Å². The van der Waals surface area contributed by atoms with Gasteiger partial charge in [-0.1, -0.05) is 79.7 Å². The van der Waals surface area contributed by atoms with Gasteiger partial charge in [0, 0.05) is 30.1 Å². The molecule has 0 aromatic heterocycles. The molecule has 0 radical (unpaired) electrons. The molecule has 0 spiro atoms. The van der Waals surface area contributed by atoms with Crippen LogP contribution in [-0.4, -0.2) is 25.7 Å². The zero-order valence-electron chi connectivity index (χ0n) is 18.7. The van der Waals surface area contributed by atoms with E-state index in [0.717, 1.165) is 25.3 Å². The second kappa shape index (κ2) is 10.6. The molecule has 1 aliphatic heterocycles. The minimum absolute atomic E-state index is 0.309. The maximum absolute atomic E-state index is 5.64. The third-order valence-electron chi connectivity index (χ3n) is 6.49. The molecule has 2 atom stereocenters. The molecule has 1 heterocycles. The Labute approximate surface area is 186 Å². The highest BCUT2D eigenvalue weighted by Gasteiger charge is 2.33. The van der Waals surface area contributed by atoms with Crippen LogP contribution < -0.4 is 15.4 Å². The molecule has 4 rings (SSSR count). The van der Waals surface area contributed by atoms with Gasteiger partial charge < -0.3 is 15.4 Å². The molecule has 0 bridgehead atoms. The van der Waals surface area contributed by atoms with Crippen molar-refractivity contribution >= 4 is 0 Å². The fraction of sp³-hybridized carbons (Fsp3) is 0.357. The number of ether oxygens (including phenoxy) is 1. The van der Waals surface area contributed by atoms with E-state index in [1.807, 2.05) is 0 Å². The number of nitrogens with one attached hydrogen (secondary N) is 2. The maximum Gasteiger partial charge on any atom is 0.123 e. The van der Waals surface area contributed by atoms with Crippen LogP contribution in [0.4, 0.5) is 0 Å². The van der Waals surface area contributed by atoms with E-state index >= 15 is 0 Å². The average Bonchev–Trinajstić information content (AvgIpc) is 2.85. The van der Waals surface area contributed by atoms with Crippen molar-refractivity contribution in [1.82, 2.24) is 10.6 Å². The summed E-state index contributed by atoms with van der Waals surface area (Å²) in [5.41, 5.74) is 5.32. The van der Waals surface area contributed by atoms with E-state index < -0.39 is 0 Å². The summed E-state index contributed by atoms with van der Waals surface area (Å²) in [6.45, 7) is 4.08. The number of piperidine rings is 1. The number of hydrogen-bond donors (Lipinski definition) is 2. The molecular formula is C28H34N2O. The molecule has 3 aromatic rings. The van der Waals surface area contributed by atoms with Gasteiger partial charge in [0.05, 0.1) is 7.11 Å². The summed E-state index contributed by atoms with van der Waals surface area (Å²) < 4.78 is 5.64. The van der Waals surface area contributed by atoms with E-state index in [1.165, 1.54) is 35.1 Å². The number of rotatable bonds is 8. The molecule has 1 aliphatic rings. The fourth-order valence-corrected chi connectivity index (χ4v) is 4.85. The van der Waals surface area contributed by atoms with Gasteiger partial charge >= 0.3 is 0 Å². The Kier molecular flexibility index (Phi) is 7.39. The summed E-state index contributed by atoms with van der Waals surface area (Å²) in [6.07, 6.45) is 3.40. The Morgan fingerprint density at radius 3 is 2.26 bits per heavy atom. The maximum atomic E-state index is 5.64. The topological polar surface area (TPSA) is 33.3 Å². The van der Waals surface area contributed by atoms with E-state index in [4.69, 9.17) is 4.74 Å². The van der Waals surface area contributed by atoms with Gasteiger partial charge in [-0.25, -0.2) is 0 Å². The van der Waals surface area contributed by atoms with Gasteiger partial charge in [0.15, 0.2) is 0 Å². The third kappa shape index (κ3) is 5.17. The molecule has 1 fully saturated rings. The molecule has 0 amide bonds. The van der Waals surface area contributed by atoms with Gasteiger partial charge in [0.2, 0.25) is 0 Å². The van der Waals surface area contributed by atoms with Crippen molar-refractivity contribution in [3.63, 3.8) is 0 Å². The standard InChI is InChI=1S/C28H34N2O/c1-3-21-16-17-26(31-2)24(19-21)20-30-25-15-10-18-29-28(25)27(22-11-6-4-7-12-22)23-13-8-5-9-14-23/h4-9,11-14,16-17,19,25,27-30H,3,10,15,18,20H2,1-2H3/t25-,28+/m1/s1. The largest absolute Gasteiger partial charge is 0.496 e. The summed E-state index contributed by atoms with van der Waals surface area (Å²) in [6, 6.07) is 29.1. The zero-order chi connectivity index (χ0) is 21.5. The van der Waals surface area contributed by atoms with E-state index in [-0.39, 0.29) is 0 Å². The first kappa shape index (κ1) is 21.6. The highest BCUT2D eigenvalue weighted by atomic mass is 16.5.